The van der Waals surface area contributed by atoms with Crippen LogP contribution in [0, 0.1) is 0 Å². The summed E-state index contributed by atoms with van der Waals surface area (Å²) in [7, 11) is 1.60. The quantitative estimate of drug-likeness (QED) is 0.747. The molecule has 1 N–H and O–H groups in total. The van der Waals surface area contributed by atoms with E-state index in [9.17, 15) is 4.79 Å². The number of hydrogen-bond acceptors (Lipinski definition) is 5. The van der Waals surface area contributed by atoms with Crippen LogP contribution in [0.25, 0.3) is 5.69 Å². The monoisotopic (exact) mass is 338 g/mol. The summed E-state index contributed by atoms with van der Waals surface area (Å²) < 4.78 is 12.4. The number of nitrogens with zero attached hydrogens (tertiary/aromatic N) is 3. The van der Waals surface area contributed by atoms with E-state index < -0.39 is 6.10 Å². The van der Waals surface area contributed by atoms with Crippen LogP contribution >= 0.6 is 0 Å². The first-order valence-electron chi connectivity index (χ1n) is 7.72. The van der Waals surface area contributed by atoms with E-state index in [0.29, 0.717) is 11.4 Å². The standard InChI is InChI=1S/C18H18N4O3/c1-13(25-17-9-7-16(24-2)8-10-17)18(23)21-14-3-5-15(6-4-14)22-12-19-11-20-22/h3-13H,1-2H3,(H,21,23). The molecule has 3 aromatic rings. The Morgan fingerprint density at radius 2 is 1.76 bits per heavy atom. The Kier molecular flexibility index (Phi) is 4.94. The van der Waals surface area contributed by atoms with Crippen molar-refractivity contribution in [2.75, 3.05) is 12.4 Å². The molecule has 25 heavy (non-hydrogen) atoms. The second kappa shape index (κ2) is 7.48. The topological polar surface area (TPSA) is 78.3 Å². The van der Waals surface area contributed by atoms with E-state index in [1.54, 1.807) is 61.4 Å². The lowest BCUT2D eigenvalue weighted by Gasteiger charge is -2.15. The molecular formula is C18H18N4O3. The van der Waals surface area contributed by atoms with Crippen molar-refractivity contribution >= 4 is 11.6 Å². The number of rotatable bonds is 6. The molecule has 0 saturated carbocycles. The van der Waals surface area contributed by atoms with Crippen LogP contribution in [-0.4, -0.2) is 33.9 Å². The molecule has 1 amide bonds. The molecule has 0 spiro atoms. The number of carbonyl (C=O) groups is 1. The zero-order valence-corrected chi connectivity index (χ0v) is 13.9. The number of benzene rings is 2. The van der Waals surface area contributed by atoms with E-state index in [2.05, 4.69) is 15.4 Å². The highest BCUT2D eigenvalue weighted by atomic mass is 16.5. The Morgan fingerprint density at radius 1 is 1.08 bits per heavy atom. The van der Waals surface area contributed by atoms with Crippen molar-refractivity contribution in [3.05, 3.63) is 61.2 Å². The highest BCUT2D eigenvalue weighted by Gasteiger charge is 2.15. The van der Waals surface area contributed by atoms with Crippen molar-refractivity contribution in [2.24, 2.45) is 0 Å². The van der Waals surface area contributed by atoms with E-state index in [1.165, 1.54) is 6.33 Å². The Hall–Kier alpha value is -3.35. The number of anilines is 1. The van der Waals surface area contributed by atoms with Gasteiger partial charge in [-0.3, -0.25) is 4.79 Å². The van der Waals surface area contributed by atoms with Crippen LogP contribution in [0.4, 0.5) is 5.69 Å². The molecule has 3 rings (SSSR count). The fourth-order valence-corrected chi connectivity index (χ4v) is 2.19. The molecule has 0 saturated heterocycles. The predicted molar refractivity (Wildman–Crippen MR) is 93.1 cm³/mol. The number of nitrogens with one attached hydrogen (secondary N) is 1. The number of amides is 1. The number of methoxy groups -OCH3 is 1. The lowest BCUT2D eigenvalue weighted by atomic mass is 10.2. The summed E-state index contributed by atoms with van der Waals surface area (Å²) in [4.78, 5) is 16.2. The van der Waals surface area contributed by atoms with E-state index in [0.717, 1.165) is 11.4 Å². The van der Waals surface area contributed by atoms with Crippen LogP contribution in [0.3, 0.4) is 0 Å². The normalized spacial score (nSPS) is 11.6. The molecule has 0 aliphatic rings. The first-order valence-corrected chi connectivity index (χ1v) is 7.72. The Morgan fingerprint density at radius 3 is 2.36 bits per heavy atom. The van der Waals surface area contributed by atoms with Gasteiger partial charge in [0.25, 0.3) is 5.91 Å². The summed E-state index contributed by atoms with van der Waals surface area (Å²) >= 11 is 0. The van der Waals surface area contributed by atoms with Crippen molar-refractivity contribution in [3.8, 4) is 17.2 Å². The zero-order chi connectivity index (χ0) is 17.6. The maximum absolute atomic E-state index is 12.3. The lowest BCUT2D eigenvalue weighted by molar-refractivity contribution is -0.122. The van der Waals surface area contributed by atoms with Crippen LogP contribution in [-0.2, 0) is 4.79 Å². The molecule has 0 radical (unpaired) electrons. The fraction of sp³-hybridized carbons (Fsp3) is 0.167. The van der Waals surface area contributed by atoms with Gasteiger partial charge in [-0.25, -0.2) is 9.67 Å². The first kappa shape index (κ1) is 16.5. The summed E-state index contributed by atoms with van der Waals surface area (Å²) in [6, 6.07) is 14.4. The molecule has 128 valence electrons. The molecule has 1 heterocycles. The van der Waals surface area contributed by atoms with Gasteiger partial charge >= 0.3 is 0 Å². The van der Waals surface area contributed by atoms with Crippen molar-refractivity contribution < 1.29 is 14.3 Å². The minimum atomic E-state index is -0.636. The molecule has 1 unspecified atom stereocenters. The average Bonchev–Trinajstić information content (AvgIpc) is 3.17. The molecule has 0 fully saturated rings. The largest absolute Gasteiger partial charge is 0.497 e. The minimum Gasteiger partial charge on any atom is -0.497 e. The van der Waals surface area contributed by atoms with Crippen LogP contribution in [0.5, 0.6) is 11.5 Å². The maximum atomic E-state index is 12.3. The summed E-state index contributed by atoms with van der Waals surface area (Å²) in [5, 5.41) is 6.88. The van der Waals surface area contributed by atoms with Gasteiger partial charge in [0.2, 0.25) is 0 Å². The molecule has 2 aromatic carbocycles. The van der Waals surface area contributed by atoms with E-state index in [4.69, 9.17) is 9.47 Å². The van der Waals surface area contributed by atoms with Gasteiger partial charge in [-0.2, -0.15) is 5.10 Å². The molecular weight excluding hydrogens is 320 g/mol. The van der Waals surface area contributed by atoms with Crippen LogP contribution < -0.4 is 14.8 Å². The van der Waals surface area contributed by atoms with Crippen molar-refractivity contribution in [1.82, 2.24) is 14.8 Å². The van der Waals surface area contributed by atoms with Gasteiger partial charge in [0.05, 0.1) is 12.8 Å². The summed E-state index contributed by atoms with van der Waals surface area (Å²) in [5.74, 6) is 1.10. The average molecular weight is 338 g/mol. The predicted octanol–water partition coefficient (Wildman–Crippen LogP) is 2.68. The second-order valence-electron chi connectivity index (χ2n) is 5.31. The van der Waals surface area contributed by atoms with Gasteiger partial charge in [0, 0.05) is 5.69 Å². The number of aromatic nitrogens is 3. The van der Waals surface area contributed by atoms with E-state index in [-0.39, 0.29) is 5.91 Å². The van der Waals surface area contributed by atoms with E-state index >= 15 is 0 Å². The maximum Gasteiger partial charge on any atom is 0.265 e. The lowest BCUT2D eigenvalue weighted by Crippen LogP contribution is -2.30. The Balaban J connectivity index is 1.59. The summed E-state index contributed by atoms with van der Waals surface area (Å²) in [6.07, 6.45) is 2.44. The number of carbonyl (C=O) groups excluding carboxylic acids is 1. The minimum absolute atomic E-state index is 0.232. The smallest absolute Gasteiger partial charge is 0.265 e. The van der Waals surface area contributed by atoms with Crippen LogP contribution in [0.2, 0.25) is 0 Å². The number of hydrogen-bond donors (Lipinski definition) is 1. The van der Waals surface area contributed by atoms with Gasteiger partial charge in [-0.1, -0.05) is 0 Å². The molecule has 0 bridgehead atoms. The van der Waals surface area contributed by atoms with Crippen LogP contribution in [0.15, 0.2) is 61.2 Å². The van der Waals surface area contributed by atoms with Crippen molar-refractivity contribution in [3.63, 3.8) is 0 Å². The first-order chi connectivity index (χ1) is 12.2. The van der Waals surface area contributed by atoms with Gasteiger partial charge < -0.3 is 14.8 Å². The third-order valence-electron chi connectivity index (χ3n) is 3.56. The molecule has 1 atom stereocenters. The highest BCUT2D eigenvalue weighted by Crippen LogP contribution is 2.19. The molecule has 7 nitrogen and oxygen atoms in total. The third kappa shape index (κ3) is 4.14. The van der Waals surface area contributed by atoms with Gasteiger partial charge in [-0.15, -0.1) is 0 Å². The third-order valence-corrected chi connectivity index (χ3v) is 3.56. The van der Waals surface area contributed by atoms with Gasteiger partial charge in [0.15, 0.2) is 6.10 Å². The van der Waals surface area contributed by atoms with Gasteiger partial charge in [0.1, 0.15) is 24.2 Å². The fourth-order valence-electron chi connectivity index (χ4n) is 2.19. The second-order valence-corrected chi connectivity index (χ2v) is 5.31. The zero-order valence-electron chi connectivity index (χ0n) is 13.9. The number of ether oxygens (including phenoxy) is 2. The van der Waals surface area contributed by atoms with Gasteiger partial charge in [-0.05, 0) is 55.5 Å². The van der Waals surface area contributed by atoms with Crippen molar-refractivity contribution in [1.29, 1.82) is 0 Å². The Labute approximate surface area is 145 Å². The molecule has 0 aliphatic carbocycles. The van der Waals surface area contributed by atoms with E-state index in [1.807, 2.05) is 12.1 Å². The summed E-state index contributed by atoms with van der Waals surface area (Å²) in [6.45, 7) is 1.70. The SMILES string of the molecule is COc1ccc(OC(C)C(=O)Nc2ccc(-n3cncn3)cc2)cc1. The molecule has 0 aliphatic heterocycles. The summed E-state index contributed by atoms with van der Waals surface area (Å²) in [5.41, 5.74) is 1.54. The highest BCUT2D eigenvalue weighted by molar-refractivity contribution is 5.94. The van der Waals surface area contributed by atoms with Crippen molar-refractivity contribution in [2.45, 2.75) is 13.0 Å². The van der Waals surface area contributed by atoms with Crippen LogP contribution in [0.1, 0.15) is 6.92 Å². The molecule has 1 aromatic heterocycles. The Bertz CT molecular complexity index is 815. The molecule has 7 heteroatoms.